The lowest BCUT2D eigenvalue weighted by molar-refractivity contribution is -0.524. The summed E-state index contributed by atoms with van der Waals surface area (Å²) in [7, 11) is 0. The number of carbonyl (C=O) groups is 1. The number of ether oxygens (including phenoxy) is 3. The van der Waals surface area contributed by atoms with Crippen molar-refractivity contribution in [3.8, 4) is 0 Å². The maximum absolute atomic E-state index is 14.3. The van der Waals surface area contributed by atoms with Gasteiger partial charge in [0.25, 0.3) is 0 Å². The maximum atomic E-state index is 14.3. The highest BCUT2D eigenvalue weighted by molar-refractivity contribution is 6.02. The number of allylic oxidation sites excluding steroid dienone is 1. The molecule has 7 fully saturated rings. The minimum absolute atomic E-state index is 0.00742. The number of carbonyl (C=O) groups excluding carboxylic acids is 1. The normalized spacial score (nSPS) is 62.1. The third-order valence-corrected chi connectivity index (χ3v) is 9.87. The molecule has 158 valence electrons. The molecule has 4 aliphatic carbocycles. The second kappa shape index (κ2) is 4.53. The van der Waals surface area contributed by atoms with Crippen molar-refractivity contribution in [2.45, 2.75) is 76.3 Å². The number of aliphatic hydroxyl groups excluding tert-OH is 1. The first-order valence-electron chi connectivity index (χ1n) is 11.3. The van der Waals surface area contributed by atoms with E-state index in [4.69, 9.17) is 14.2 Å². The molecule has 4 unspecified atom stereocenters. The number of aliphatic hydroxyl groups is 1. The highest BCUT2D eigenvalue weighted by atomic mass is 16.8. The molecule has 9 atom stereocenters. The van der Waals surface area contributed by atoms with Crippen LogP contribution in [0.15, 0.2) is 12.2 Å². The van der Waals surface area contributed by atoms with Crippen LogP contribution < -0.4 is 5.32 Å². The summed E-state index contributed by atoms with van der Waals surface area (Å²) in [4.78, 5) is 14.3. The fourth-order valence-corrected chi connectivity index (χ4v) is 9.16. The van der Waals surface area contributed by atoms with Crippen LogP contribution in [-0.4, -0.2) is 53.4 Å². The number of rotatable bonds is 0. The lowest BCUT2D eigenvalue weighted by atomic mass is 9.37. The molecule has 29 heavy (non-hydrogen) atoms. The van der Waals surface area contributed by atoms with Crippen LogP contribution in [0.5, 0.6) is 0 Å². The number of Topliss-reactive ketones (excluding diaryl/α,β-unsaturated/α-hetero) is 1. The Morgan fingerprint density at radius 3 is 2.69 bits per heavy atom. The summed E-state index contributed by atoms with van der Waals surface area (Å²) in [5.41, 5.74) is -1.91. The minimum Gasteiger partial charge on any atom is -0.387 e. The first-order valence-corrected chi connectivity index (χ1v) is 11.3. The quantitative estimate of drug-likeness (QED) is 0.475. The van der Waals surface area contributed by atoms with Crippen LogP contribution in [0.2, 0.25) is 0 Å². The highest BCUT2D eigenvalue weighted by Gasteiger charge is 2.92. The first-order chi connectivity index (χ1) is 13.6. The van der Waals surface area contributed by atoms with Gasteiger partial charge in [-0.1, -0.05) is 26.0 Å². The Morgan fingerprint density at radius 1 is 1.21 bits per heavy atom. The second-order valence-corrected chi connectivity index (χ2v) is 11.9. The van der Waals surface area contributed by atoms with Crippen molar-refractivity contribution >= 4 is 5.78 Å². The number of nitrogens with one attached hydrogen (secondary N) is 1. The van der Waals surface area contributed by atoms with E-state index in [0.29, 0.717) is 13.2 Å². The van der Waals surface area contributed by atoms with E-state index in [0.717, 1.165) is 19.3 Å². The third kappa shape index (κ3) is 1.53. The van der Waals surface area contributed by atoms with Crippen LogP contribution in [-0.2, 0) is 19.0 Å². The van der Waals surface area contributed by atoms with Crippen LogP contribution >= 0.6 is 0 Å². The number of hydrogen-bond acceptors (Lipinski definition) is 6. The summed E-state index contributed by atoms with van der Waals surface area (Å²) in [5.74, 6) is -1.89. The van der Waals surface area contributed by atoms with E-state index in [1.807, 2.05) is 13.8 Å². The Kier molecular flexibility index (Phi) is 2.79. The van der Waals surface area contributed by atoms with Crippen molar-refractivity contribution in [2.75, 3.05) is 13.2 Å². The van der Waals surface area contributed by atoms with Gasteiger partial charge in [-0.05, 0) is 44.4 Å². The van der Waals surface area contributed by atoms with Crippen LogP contribution in [0.3, 0.4) is 0 Å². The molecular formula is C23H31NO5. The fraction of sp³-hybridized carbons (Fsp3) is 0.870. The van der Waals surface area contributed by atoms with Gasteiger partial charge in [-0.25, -0.2) is 0 Å². The Bertz CT molecular complexity index is 876. The van der Waals surface area contributed by atoms with Crippen molar-refractivity contribution in [1.82, 2.24) is 5.32 Å². The van der Waals surface area contributed by atoms with Crippen molar-refractivity contribution in [1.29, 1.82) is 0 Å². The lowest BCUT2D eigenvalue weighted by Crippen LogP contribution is -2.86. The Labute approximate surface area is 171 Å². The van der Waals surface area contributed by atoms with Gasteiger partial charge in [-0.2, -0.15) is 0 Å². The molecule has 8 aliphatic rings. The van der Waals surface area contributed by atoms with Gasteiger partial charge in [0.15, 0.2) is 11.6 Å². The molecule has 8 rings (SSSR count). The zero-order valence-corrected chi connectivity index (χ0v) is 17.7. The Hall–Kier alpha value is -0.790. The molecule has 4 aliphatic heterocycles. The molecule has 2 N–H and O–H groups in total. The molecule has 4 saturated heterocycles. The third-order valence-electron chi connectivity index (χ3n) is 9.87. The molecule has 0 aromatic heterocycles. The molecule has 3 saturated carbocycles. The maximum Gasteiger partial charge on any atom is 0.213 e. The Morgan fingerprint density at radius 2 is 1.97 bits per heavy atom. The standard InChI is InChI=1S/C23H31NO5/c1-18(2)8-5-9-20-11-27-23(15(25)14(18)20)22-13(20)7-6-12(21(10-24-21)17(22)26)16(22)28-19(3,4)29-23/h5,9,12-16,24-25H,6-8,10-11H2,1-4H3/t12-,13?,14?,15+,16?,20-,21?,22-,23+/m1/s1. The minimum atomic E-state index is -1.33. The summed E-state index contributed by atoms with van der Waals surface area (Å²) in [5, 5.41) is 15.4. The summed E-state index contributed by atoms with van der Waals surface area (Å²) in [6.07, 6.45) is 6.23. The molecule has 0 radical (unpaired) electrons. The smallest absolute Gasteiger partial charge is 0.213 e. The van der Waals surface area contributed by atoms with Crippen LogP contribution in [0.4, 0.5) is 0 Å². The summed E-state index contributed by atoms with van der Waals surface area (Å²) < 4.78 is 19.7. The number of ketones is 1. The van der Waals surface area contributed by atoms with Crippen molar-refractivity contribution < 1.29 is 24.1 Å². The molecule has 4 spiro atoms. The van der Waals surface area contributed by atoms with Crippen LogP contribution in [0, 0.1) is 34.0 Å². The predicted octanol–water partition coefficient (Wildman–Crippen LogP) is 1.76. The van der Waals surface area contributed by atoms with Crippen molar-refractivity contribution in [3.05, 3.63) is 12.2 Å². The summed E-state index contributed by atoms with van der Waals surface area (Å²) >= 11 is 0. The zero-order valence-electron chi connectivity index (χ0n) is 17.7. The molecule has 0 aromatic carbocycles. The predicted molar refractivity (Wildman–Crippen MR) is 103 cm³/mol. The van der Waals surface area contributed by atoms with Gasteiger partial charge in [-0.3, -0.25) is 4.79 Å². The van der Waals surface area contributed by atoms with Gasteiger partial charge < -0.3 is 24.6 Å². The van der Waals surface area contributed by atoms with E-state index < -0.39 is 28.6 Å². The van der Waals surface area contributed by atoms with E-state index in [1.165, 1.54) is 0 Å². The summed E-state index contributed by atoms with van der Waals surface area (Å²) in [6, 6.07) is 0. The van der Waals surface area contributed by atoms with Gasteiger partial charge in [0.1, 0.15) is 11.5 Å². The van der Waals surface area contributed by atoms with Crippen LogP contribution in [0.25, 0.3) is 0 Å². The molecule has 6 heteroatoms. The zero-order chi connectivity index (χ0) is 20.2. The average molecular weight is 402 g/mol. The van der Waals surface area contributed by atoms with E-state index in [1.54, 1.807) is 0 Å². The van der Waals surface area contributed by atoms with Gasteiger partial charge in [-0.15, -0.1) is 0 Å². The van der Waals surface area contributed by atoms with Gasteiger partial charge in [0.05, 0.1) is 18.2 Å². The molecule has 6 nitrogen and oxygen atoms in total. The second-order valence-electron chi connectivity index (χ2n) is 11.9. The largest absolute Gasteiger partial charge is 0.387 e. The Balaban J connectivity index is 1.55. The van der Waals surface area contributed by atoms with Crippen LogP contribution in [0.1, 0.15) is 47.0 Å². The monoisotopic (exact) mass is 401 g/mol. The molecular weight excluding hydrogens is 370 g/mol. The molecule has 0 amide bonds. The van der Waals surface area contributed by atoms with Gasteiger partial charge >= 0.3 is 0 Å². The van der Waals surface area contributed by atoms with Gasteiger partial charge in [0, 0.05) is 23.8 Å². The van der Waals surface area contributed by atoms with E-state index in [-0.39, 0.29) is 40.5 Å². The van der Waals surface area contributed by atoms with Crippen molar-refractivity contribution in [3.63, 3.8) is 0 Å². The van der Waals surface area contributed by atoms with E-state index >= 15 is 0 Å². The SMILES string of the molecule is CC1(C)OC2[C@H]3CCC4[C@]56C=CCC(C)(C)C5[C@H](O)[C@](OC6)(O1)[C@@]24C(=O)C31CN1. The number of hydrogen-bond donors (Lipinski definition) is 2. The topological polar surface area (TPSA) is 86.9 Å². The summed E-state index contributed by atoms with van der Waals surface area (Å²) in [6.45, 7) is 9.48. The molecule has 4 bridgehead atoms. The average Bonchev–Trinajstić information content (AvgIpc) is 3.41. The number of fused-ring (bicyclic) bond motifs is 2. The fourth-order valence-electron chi connectivity index (χ4n) is 9.16. The first kappa shape index (κ1) is 17.8. The molecule has 4 heterocycles. The van der Waals surface area contributed by atoms with Gasteiger partial charge in [0.2, 0.25) is 5.79 Å². The van der Waals surface area contributed by atoms with Crippen molar-refractivity contribution in [2.24, 2.45) is 34.0 Å². The highest BCUT2D eigenvalue weighted by Crippen LogP contribution is 2.79. The van der Waals surface area contributed by atoms with E-state index in [2.05, 4.69) is 31.3 Å². The lowest BCUT2D eigenvalue weighted by Gasteiger charge is -2.76. The molecule has 0 aromatic rings. The van der Waals surface area contributed by atoms with E-state index in [9.17, 15) is 9.90 Å².